The minimum Gasteiger partial charge on any atom is -0.303 e. The molecule has 4 heterocycles. The van der Waals surface area contributed by atoms with Gasteiger partial charge in [0.1, 0.15) is 5.65 Å². The summed E-state index contributed by atoms with van der Waals surface area (Å²) in [5.74, 6) is 0.707. The number of nitrogens with zero attached hydrogens (tertiary/aromatic N) is 4. The maximum Gasteiger partial charge on any atom is 0.151 e. The van der Waals surface area contributed by atoms with Crippen molar-refractivity contribution in [1.82, 2.24) is 19.2 Å². The Bertz CT molecular complexity index is 837. The van der Waals surface area contributed by atoms with Gasteiger partial charge in [-0.05, 0) is 31.0 Å². The molecule has 0 saturated carbocycles. The third-order valence-corrected chi connectivity index (χ3v) is 7.01. The van der Waals surface area contributed by atoms with Crippen molar-refractivity contribution in [3.05, 3.63) is 35.8 Å². The van der Waals surface area contributed by atoms with Crippen LogP contribution in [0.2, 0.25) is 0 Å². The highest BCUT2D eigenvalue weighted by Crippen LogP contribution is 2.20. The molecule has 0 aliphatic carbocycles. The van der Waals surface area contributed by atoms with Crippen LogP contribution >= 0.6 is 0 Å². The Hall–Kier alpha value is -1.44. The molecule has 24 heavy (non-hydrogen) atoms. The van der Waals surface area contributed by atoms with Crippen LogP contribution in [0.4, 0.5) is 0 Å². The van der Waals surface area contributed by atoms with E-state index in [4.69, 9.17) is 0 Å². The van der Waals surface area contributed by atoms with Crippen molar-refractivity contribution in [2.45, 2.75) is 25.9 Å². The van der Waals surface area contributed by atoms with Crippen molar-refractivity contribution in [3.63, 3.8) is 0 Å². The zero-order valence-electron chi connectivity index (χ0n) is 14.1. The Labute approximate surface area is 143 Å². The number of pyridine rings is 1. The first-order chi connectivity index (χ1) is 11.5. The van der Waals surface area contributed by atoms with Crippen molar-refractivity contribution in [2.75, 3.05) is 37.7 Å². The predicted molar refractivity (Wildman–Crippen MR) is 93.8 cm³/mol. The van der Waals surface area contributed by atoms with Crippen molar-refractivity contribution >= 4 is 15.5 Å². The number of piperazine rings is 1. The largest absolute Gasteiger partial charge is 0.303 e. The average molecular weight is 348 g/mol. The van der Waals surface area contributed by atoms with Crippen LogP contribution in [0.5, 0.6) is 0 Å². The maximum absolute atomic E-state index is 11.7. The molecular weight excluding hydrogens is 324 g/mol. The highest BCUT2D eigenvalue weighted by atomic mass is 32.2. The molecule has 1 atom stereocenters. The molecule has 0 aromatic carbocycles. The molecule has 2 aliphatic rings. The lowest BCUT2D eigenvalue weighted by molar-refractivity contribution is 0.0991. The lowest BCUT2D eigenvalue weighted by Crippen LogP contribution is -2.50. The lowest BCUT2D eigenvalue weighted by atomic mass is 10.2. The van der Waals surface area contributed by atoms with Gasteiger partial charge in [-0.25, -0.2) is 13.4 Å². The molecule has 0 bridgehead atoms. The van der Waals surface area contributed by atoms with E-state index < -0.39 is 9.84 Å². The third kappa shape index (κ3) is 3.20. The fourth-order valence-electron chi connectivity index (χ4n) is 3.83. The second-order valence-corrected chi connectivity index (χ2v) is 9.28. The Morgan fingerprint density at radius 2 is 2.04 bits per heavy atom. The molecule has 4 rings (SSSR count). The second-order valence-electron chi connectivity index (χ2n) is 7.05. The number of sulfone groups is 1. The number of imidazole rings is 1. The first-order valence-corrected chi connectivity index (χ1v) is 10.4. The van der Waals surface area contributed by atoms with Gasteiger partial charge < -0.3 is 4.40 Å². The molecule has 0 amide bonds. The average Bonchev–Trinajstić information content (AvgIpc) is 3.11. The lowest BCUT2D eigenvalue weighted by Gasteiger charge is -2.37. The summed E-state index contributed by atoms with van der Waals surface area (Å²) in [6.45, 7) is 6.84. The van der Waals surface area contributed by atoms with Gasteiger partial charge in [0.25, 0.3) is 0 Å². The van der Waals surface area contributed by atoms with E-state index in [1.807, 2.05) is 6.20 Å². The summed E-state index contributed by atoms with van der Waals surface area (Å²) in [6, 6.07) is 4.44. The number of fused-ring (bicyclic) bond motifs is 1. The molecule has 2 aliphatic heterocycles. The van der Waals surface area contributed by atoms with Gasteiger partial charge in [-0.15, -0.1) is 0 Å². The van der Waals surface area contributed by atoms with Gasteiger partial charge in [0, 0.05) is 45.0 Å². The summed E-state index contributed by atoms with van der Waals surface area (Å²) in [6.07, 6.45) is 4.85. The molecule has 2 aromatic heterocycles. The second kappa shape index (κ2) is 6.13. The molecule has 0 radical (unpaired) electrons. The van der Waals surface area contributed by atoms with Crippen LogP contribution in [0.25, 0.3) is 5.65 Å². The number of aromatic nitrogens is 2. The van der Waals surface area contributed by atoms with Crippen LogP contribution < -0.4 is 0 Å². The third-order valence-electron chi connectivity index (χ3n) is 5.26. The van der Waals surface area contributed by atoms with Gasteiger partial charge >= 0.3 is 0 Å². The van der Waals surface area contributed by atoms with Gasteiger partial charge in [-0.2, -0.15) is 0 Å². The summed E-state index contributed by atoms with van der Waals surface area (Å²) in [5, 5.41) is 0. The SMILES string of the molecule is Cc1ccn2c(CN3CCN(C4CCS(=O)(=O)C4)CC3)cnc2c1. The fourth-order valence-corrected chi connectivity index (χ4v) is 5.59. The zero-order valence-corrected chi connectivity index (χ0v) is 14.9. The summed E-state index contributed by atoms with van der Waals surface area (Å²) in [5.41, 5.74) is 3.43. The van der Waals surface area contributed by atoms with Crippen LogP contribution in [0, 0.1) is 6.92 Å². The maximum atomic E-state index is 11.7. The van der Waals surface area contributed by atoms with Crippen LogP contribution in [0.15, 0.2) is 24.5 Å². The van der Waals surface area contributed by atoms with Crippen molar-refractivity contribution in [3.8, 4) is 0 Å². The van der Waals surface area contributed by atoms with Crippen molar-refractivity contribution in [1.29, 1.82) is 0 Å². The predicted octanol–water partition coefficient (Wildman–Crippen LogP) is 0.947. The van der Waals surface area contributed by atoms with E-state index in [0.717, 1.165) is 44.8 Å². The zero-order chi connectivity index (χ0) is 16.7. The normalized spacial score (nSPS) is 25.5. The minimum absolute atomic E-state index is 0.232. The first kappa shape index (κ1) is 16.1. The Kier molecular flexibility index (Phi) is 4.10. The van der Waals surface area contributed by atoms with Crippen molar-refractivity contribution < 1.29 is 8.42 Å². The smallest absolute Gasteiger partial charge is 0.151 e. The van der Waals surface area contributed by atoms with Crippen LogP contribution in [-0.4, -0.2) is 71.3 Å². The molecule has 0 spiro atoms. The summed E-state index contributed by atoms with van der Waals surface area (Å²) in [7, 11) is -2.79. The van der Waals surface area contributed by atoms with Gasteiger partial charge in [-0.3, -0.25) is 9.80 Å². The van der Waals surface area contributed by atoms with E-state index >= 15 is 0 Å². The first-order valence-electron chi connectivity index (χ1n) is 8.60. The topological polar surface area (TPSA) is 57.9 Å². The van der Waals surface area contributed by atoms with Crippen LogP contribution in [-0.2, 0) is 16.4 Å². The number of hydrogen-bond acceptors (Lipinski definition) is 5. The monoisotopic (exact) mass is 348 g/mol. The number of rotatable bonds is 3. The van der Waals surface area contributed by atoms with Crippen molar-refractivity contribution in [2.24, 2.45) is 0 Å². The van der Waals surface area contributed by atoms with E-state index in [1.54, 1.807) is 0 Å². The molecule has 2 aromatic rings. The van der Waals surface area contributed by atoms with Gasteiger partial charge in [0.2, 0.25) is 0 Å². The quantitative estimate of drug-likeness (QED) is 0.827. The van der Waals surface area contributed by atoms with Gasteiger partial charge in [0.15, 0.2) is 9.84 Å². The molecule has 0 N–H and O–H groups in total. The van der Waals surface area contributed by atoms with Crippen LogP contribution in [0.1, 0.15) is 17.7 Å². The Balaban J connectivity index is 1.38. The van der Waals surface area contributed by atoms with Crippen LogP contribution in [0.3, 0.4) is 0 Å². The van der Waals surface area contributed by atoms with E-state index in [0.29, 0.717) is 11.5 Å². The van der Waals surface area contributed by atoms with E-state index in [2.05, 4.69) is 44.4 Å². The fraction of sp³-hybridized carbons (Fsp3) is 0.588. The number of hydrogen-bond donors (Lipinski definition) is 0. The summed E-state index contributed by atoms with van der Waals surface area (Å²) in [4.78, 5) is 9.29. The number of aryl methyl sites for hydroxylation is 1. The molecule has 130 valence electrons. The molecular formula is C17H24N4O2S. The minimum atomic E-state index is -2.79. The van der Waals surface area contributed by atoms with Gasteiger partial charge in [0.05, 0.1) is 23.4 Å². The highest BCUT2D eigenvalue weighted by molar-refractivity contribution is 7.91. The molecule has 2 fully saturated rings. The molecule has 7 heteroatoms. The molecule has 6 nitrogen and oxygen atoms in total. The molecule has 1 unspecified atom stereocenters. The van der Waals surface area contributed by atoms with E-state index in [-0.39, 0.29) is 6.04 Å². The van der Waals surface area contributed by atoms with E-state index in [9.17, 15) is 8.42 Å². The highest BCUT2D eigenvalue weighted by Gasteiger charge is 2.33. The van der Waals surface area contributed by atoms with E-state index in [1.165, 1.54) is 11.3 Å². The Morgan fingerprint density at radius 1 is 1.25 bits per heavy atom. The summed E-state index contributed by atoms with van der Waals surface area (Å²) < 4.78 is 25.5. The molecule has 2 saturated heterocycles. The Morgan fingerprint density at radius 3 is 2.75 bits per heavy atom. The summed E-state index contributed by atoms with van der Waals surface area (Å²) >= 11 is 0. The van der Waals surface area contributed by atoms with Gasteiger partial charge in [-0.1, -0.05) is 0 Å². The standard InChI is InChI=1S/C17H24N4O2S/c1-14-2-4-21-16(11-18-17(21)10-14)12-19-5-7-20(8-6-19)15-3-9-24(22,23)13-15/h2,4,10-11,15H,3,5-9,12-13H2,1H3.